The number of Topliss-reactive ketones (excluding diaryl/α,β-unsaturated/α-hetero) is 1. The number of carbonyl (C=O) groups is 2. The molecule has 0 unspecified atom stereocenters. The third-order valence-electron chi connectivity index (χ3n) is 7.25. The summed E-state index contributed by atoms with van der Waals surface area (Å²) in [4.78, 5) is 25.5. The van der Waals surface area contributed by atoms with Crippen molar-refractivity contribution in [2.24, 2.45) is 23.2 Å². The minimum Gasteiger partial charge on any atom is -0.455 e. The standard InChI is InChI=1S/C22H31NO5S2/c1-15(21(25)22-12-16-9-17(13-22)11-18(10-16)14-22)28-19(24)5-3-7-23(2)30(26,27)20-6-4-8-29-20/h4,6,8,15-18H,3,5,7,9-14H2,1-2H3/t15-,16?,17?,18?,22?/m0/s1. The molecule has 166 valence electrons. The van der Waals surface area contributed by atoms with Crippen molar-refractivity contribution in [1.29, 1.82) is 0 Å². The summed E-state index contributed by atoms with van der Waals surface area (Å²) in [6.07, 6.45) is 6.43. The number of thiophene rings is 1. The van der Waals surface area contributed by atoms with Gasteiger partial charge in [-0.2, -0.15) is 0 Å². The van der Waals surface area contributed by atoms with Gasteiger partial charge in [-0.15, -0.1) is 11.3 Å². The van der Waals surface area contributed by atoms with E-state index in [1.165, 1.54) is 42.0 Å². The van der Waals surface area contributed by atoms with Gasteiger partial charge in [0, 0.05) is 25.4 Å². The second kappa shape index (κ2) is 8.36. The molecule has 0 aliphatic heterocycles. The summed E-state index contributed by atoms with van der Waals surface area (Å²) in [7, 11) is -2.00. The van der Waals surface area contributed by atoms with Gasteiger partial charge < -0.3 is 4.74 Å². The first-order chi connectivity index (χ1) is 14.2. The summed E-state index contributed by atoms with van der Waals surface area (Å²) < 4.78 is 31.9. The van der Waals surface area contributed by atoms with E-state index < -0.39 is 22.1 Å². The molecule has 1 atom stereocenters. The van der Waals surface area contributed by atoms with Gasteiger partial charge in [0.1, 0.15) is 4.21 Å². The molecular formula is C22H31NO5S2. The molecule has 6 nitrogen and oxygen atoms in total. The molecule has 1 aromatic rings. The third kappa shape index (κ3) is 4.23. The summed E-state index contributed by atoms with van der Waals surface area (Å²) in [5.41, 5.74) is -0.274. The first-order valence-electron chi connectivity index (χ1n) is 10.9. The predicted molar refractivity (Wildman–Crippen MR) is 115 cm³/mol. The van der Waals surface area contributed by atoms with Crippen LogP contribution in [0.3, 0.4) is 0 Å². The Bertz CT molecular complexity index is 857. The Labute approximate surface area is 183 Å². The molecule has 0 saturated heterocycles. The first-order valence-corrected chi connectivity index (χ1v) is 13.3. The van der Waals surface area contributed by atoms with E-state index in [1.54, 1.807) is 24.4 Å². The monoisotopic (exact) mass is 453 g/mol. The lowest BCUT2D eigenvalue weighted by atomic mass is 9.48. The van der Waals surface area contributed by atoms with E-state index in [9.17, 15) is 18.0 Å². The summed E-state index contributed by atoms with van der Waals surface area (Å²) in [5, 5.41) is 1.72. The maximum Gasteiger partial charge on any atom is 0.306 e. The van der Waals surface area contributed by atoms with Gasteiger partial charge in [0.2, 0.25) is 0 Å². The fourth-order valence-corrected chi connectivity index (χ4v) is 8.69. The molecule has 4 fully saturated rings. The van der Waals surface area contributed by atoms with E-state index in [0.717, 1.165) is 19.3 Å². The van der Waals surface area contributed by atoms with Crippen LogP contribution < -0.4 is 0 Å². The van der Waals surface area contributed by atoms with Crippen molar-refractivity contribution < 1.29 is 22.7 Å². The highest BCUT2D eigenvalue weighted by molar-refractivity contribution is 7.91. The number of hydrogen-bond donors (Lipinski definition) is 0. The number of ketones is 1. The summed E-state index contributed by atoms with van der Waals surface area (Å²) in [6, 6.07) is 3.27. The van der Waals surface area contributed by atoms with Gasteiger partial charge in [0.15, 0.2) is 11.9 Å². The number of ether oxygens (including phenoxy) is 1. The van der Waals surface area contributed by atoms with Gasteiger partial charge in [-0.05, 0) is 81.1 Å². The van der Waals surface area contributed by atoms with Crippen LogP contribution in [-0.2, 0) is 24.3 Å². The largest absolute Gasteiger partial charge is 0.455 e. The molecule has 8 heteroatoms. The highest BCUT2D eigenvalue weighted by Crippen LogP contribution is 2.60. The van der Waals surface area contributed by atoms with Gasteiger partial charge >= 0.3 is 5.97 Å². The third-order valence-corrected chi connectivity index (χ3v) is 10.5. The van der Waals surface area contributed by atoms with Crippen LogP contribution in [0.15, 0.2) is 21.7 Å². The predicted octanol–water partition coefficient (Wildman–Crippen LogP) is 3.87. The topological polar surface area (TPSA) is 80.8 Å². The SMILES string of the molecule is C[C@H](OC(=O)CCCN(C)S(=O)(=O)c1cccs1)C(=O)C12CC3CC(CC(C3)C1)C2. The van der Waals surface area contributed by atoms with Crippen molar-refractivity contribution in [3.8, 4) is 0 Å². The highest BCUT2D eigenvalue weighted by atomic mass is 32.2. The molecular weight excluding hydrogens is 422 g/mol. The van der Waals surface area contributed by atoms with E-state index in [0.29, 0.717) is 28.4 Å². The molecule has 4 saturated carbocycles. The van der Waals surface area contributed by atoms with Crippen molar-refractivity contribution >= 4 is 33.1 Å². The number of nitrogens with zero attached hydrogens (tertiary/aromatic N) is 1. The lowest BCUT2D eigenvalue weighted by Crippen LogP contribution is -2.52. The van der Waals surface area contributed by atoms with Crippen LogP contribution in [0.5, 0.6) is 0 Å². The zero-order valence-corrected chi connectivity index (χ0v) is 19.3. The Kier molecular flexibility index (Phi) is 6.12. The fourth-order valence-electron chi connectivity index (χ4n) is 6.28. The smallest absolute Gasteiger partial charge is 0.306 e. The van der Waals surface area contributed by atoms with Crippen LogP contribution in [0.4, 0.5) is 0 Å². The number of hydrogen-bond acceptors (Lipinski definition) is 6. The summed E-state index contributed by atoms with van der Waals surface area (Å²) in [6.45, 7) is 1.93. The van der Waals surface area contributed by atoms with Crippen molar-refractivity contribution in [3.63, 3.8) is 0 Å². The molecule has 0 amide bonds. The molecule has 0 spiro atoms. The molecule has 4 aliphatic rings. The Hall–Kier alpha value is -1.25. The Balaban J connectivity index is 1.26. The first kappa shape index (κ1) is 22.0. The van der Waals surface area contributed by atoms with Crippen LogP contribution >= 0.6 is 11.3 Å². The molecule has 4 bridgehead atoms. The van der Waals surface area contributed by atoms with E-state index in [2.05, 4.69) is 0 Å². The number of rotatable bonds is 9. The highest BCUT2D eigenvalue weighted by Gasteiger charge is 2.55. The van der Waals surface area contributed by atoms with Crippen LogP contribution in [0.1, 0.15) is 58.3 Å². The molecule has 0 aromatic carbocycles. The molecule has 1 aromatic heterocycles. The summed E-state index contributed by atoms with van der Waals surface area (Å²) >= 11 is 1.17. The van der Waals surface area contributed by atoms with Crippen LogP contribution in [0.25, 0.3) is 0 Å². The van der Waals surface area contributed by atoms with Gasteiger partial charge in [0.25, 0.3) is 10.0 Å². The second-order valence-electron chi connectivity index (χ2n) is 9.56. The van der Waals surface area contributed by atoms with Gasteiger partial charge in [-0.3, -0.25) is 9.59 Å². The van der Waals surface area contributed by atoms with Crippen molar-refractivity contribution in [3.05, 3.63) is 17.5 Å². The maximum atomic E-state index is 13.2. The molecule has 30 heavy (non-hydrogen) atoms. The van der Waals surface area contributed by atoms with Gasteiger partial charge in [-0.25, -0.2) is 12.7 Å². The van der Waals surface area contributed by atoms with Crippen LogP contribution in [0, 0.1) is 23.2 Å². The number of sulfonamides is 1. The molecule has 1 heterocycles. The maximum absolute atomic E-state index is 13.2. The van der Waals surface area contributed by atoms with Crippen molar-refractivity contribution in [1.82, 2.24) is 4.31 Å². The van der Waals surface area contributed by atoms with Gasteiger partial charge in [-0.1, -0.05) is 6.07 Å². The van der Waals surface area contributed by atoms with Crippen LogP contribution in [0.2, 0.25) is 0 Å². The van der Waals surface area contributed by atoms with Crippen LogP contribution in [-0.4, -0.2) is 44.2 Å². The number of carbonyl (C=O) groups excluding carboxylic acids is 2. The lowest BCUT2D eigenvalue weighted by molar-refractivity contribution is -0.165. The molecule has 0 N–H and O–H groups in total. The van der Waals surface area contributed by atoms with E-state index in [-0.39, 0.29) is 24.2 Å². The fraction of sp³-hybridized carbons (Fsp3) is 0.727. The van der Waals surface area contributed by atoms with E-state index in [1.807, 2.05) is 0 Å². The van der Waals surface area contributed by atoms with E-state index >= 15 is 0 Å². The Morgan fingerprint density at radius 1 is 1.20 bits per heavy atom. The zero-order chi connectivity index (χ0) is 21.5. The normalized spacial score (nSPS) is 31.1. The van der Waals surface area contributed by atoms with Crippen molar-refractivity contribution in [2.75, 3.05) is 13.6 Å². The van der Waals surface area contributed by atoms with Gasteiger partial charge in [0.05, 0.1) is 0 Å². The number of esters is 1. The van der Waals surface area contributed by atoms with E-state index in [4.69, 9.17) is 4.74 Å². The minimum atomic E-state index is -3.51. The average molecular weight is 454 g/mol. The average Bonchev–Trinajstić information content (AvgIpc) is 3.21. The summed E-state index contributed by atoms with van der Waals surface area (Å²) in [5.74, 6) is 1.69. The van der Waals surface area contributed by atoms with Crippen molar-refractivity contribution in [2.45, 2.75) is 68.6 Å². The second-order valence-corrected chi connectivity index (χ2v) is 12.8. The minimum absolute atomic E-state index is 0.1000. The molecule has 5 rings (SSSR count). The Morgan fingerprint density at radius 3 is 2.33 bits per heavy atom. The molecule has 0 radical (unpaired) electrons. The lowest BCUT2D eigenvalue weighted by Gasteiger charge is -2.56. The quantitative estimate of drug-likeness (QED) is 0.530. The zero-order valence-electron chi connectivity index (χ0n) is 17.7. The Morgan fingerprint density at radius 2 is 1.80 bits per heavy atom. The molecule has 4 aliphatic carbocycles.